The van der Waals surface area contributed by atoms with Gasteiger partial charge in [-0.25, -0.2) is 0 Å². The predicted molar refractivity (Wildman–Crippen MR) is 145 cm³/mol. The molecule has 0 atom stereocenters. The van der Waals surface area contributed by atoms with Crippen molar-refractivity contribution in [2.45, 2.75) is 6.42 Å². The van der Waals surface area contributed by atoms with Crippen LogP contribution < -0.4 is 4.90 Å². The van der Waals surface area contributed by atoms with Crippen LogP contribution >= 0.6 is 0 Å². The average molecular weight is 471 g/mol. The minimum Gasteiger partial charge on any atom is -0.360 e. The second-order valence-corrected chi connectivity index (χ2v) is 9.02. The first-order valence-corrected chi connectivity index (χ1v) is 12.2. The van der Waals surface area contributed by atoms with E-state index >= 15 is 0 Å². The molecule has 0 unspecified atom stereocenters. The molecule has 6 nitrogen and oxygen atoms in total. The lowest BCUT2D eigenvalue weighted by molar-refractivity contribution is 0.987. The highest BCUT2D eigenvalue weighted by Gasteiger charge is 2.21. The van der Waals surface area contributed by atoms with E-state index in [4.69, 9.17) is 0 Å². The van der Waals surface area contributed by atoms with E-state index in [2.05, 4.69) is 114 Å². The number of benzene rings is 1. The van der Waals surface area contributed by atoms with E-state index in [0.29, 0.717) is 0 Å². The number of nitrogens with zero attached hydrogens (tertiary/aromatic N) is 3. The number of nitrogens with one attached hydrogen (secondary N) is 3. The lowest BCUT2D eigenvalue weighted by Gasteiger charge is -2.25. The molecule has 0 bridgehead atoms. The van der Waals surface area contributed by atoms with Crippen molar-refractivity contribution in [1.82, 2.24) is 24.1 Å². The van der Waals surface area contributed by atoms with E-state index in [1.54, 1.807) is 0 Å². The Kier molecular flexibility index (Phi) is 4.81. The molecule has 7 rings (SSSR count). The molecule has 0 saturated carbocycles. The maximum Gasteiger partial charge on any atom is 0.0691 e. The minimum absolute atomic E-state index is 0.946. The van der Waals surface area contributed by atoms with Crippen molar-refractivity contribution in [1.29, 1.82) is 0 Å². The zero-order chi connectivity index (χ0) is 23.9. The van der Waals surface area contributed by atoms with E-state index in [1.807, 2.05) is 30.7 Å². The quantitative estimate of drug-likeness (QED) is 0.245. The summed E-state index contributed by atoms with van der Waals surface area (Å²) in [5.74, 6) is 0. The van der Waals surface area contributed by atoms with Gasteiger partial charge in [0.25, 0.3) is 0 Å². The summed E-state index contributed by atoms with van der Waals surface area (Å²) >= 11 is 0. The van der Waals surface area contributed by atoms with Crippen LogP contribution in [-0.2, 0) is 0 Å². The van der Waals surface area contributed by atoms with Crippen molar-refractivity contribution in [3.63, 3.8) is 0 Å². The number of H-pyrrole nitrogens is 3. The molecule has 0 fully saturated rings. The Hall–Kier alpha value is -4.84. The largest absolute Gasteiger partial charge is 0.360 e. The Bertz CT molecular complexity index is 1530. The normalized spacial score (nSPS) is 13.4. The van der Waals surface area contributed by atoms with Crippen molar-refractivity contribution in [2.24, 2.45) is 0 Å². The molecule has 0 aliphatic carbocycles. The molecule has 6 heteroatoms. The molecule has 1 aromatic carbocycles. The zero-order valence-corrected chi connectivity index (χ0v) is 19.7. The monoisotopic (exact) mass is 470 g/mol. The van der Waals surface area contributed by atoms with Crippen LogP contribution in [0.1, 0.15) is 12.1 Å². The third-order valence-electron chi connectivity index (χ3n) is 6.86. The van der Waals surface area contributed by atoms with E-state index in [0.717, 1.165) is 58.5 Å². The first-order chi connectivity index (χ1) is 17.8. The molecule has 5 aromatic heterocycles. The van der Waals surface area contributed by atoms with Crippen LogP contribution in [0.4, 0.5) is 5.69 Å². The number of rotatable bonds is 6. The van der Waals surface area contributed by atoms with Gasteiger partial charge in [0, 0.05) is 54.6 Å². The van der Waals surface area contributed by atoms with Crippen molar-refractivity contribution in [3.8, 4) is 34.2 Å². The lowest BCUT2D eigenvalue weighted by Crippen LogP contribution is -2.18. The molecular weight excluding hydrogens is 444 g/mol. The van der Waals surface area contributed by atoms with E-state index in [-0.39, 0.29) is 0 Å². The van der Waals surface area contributed by atoms with Gasteiger partial charge in [-0.1, -0.05) is 6.08 Å². The Morgan fingerprint density at radius 2 is 1.08 bits per heavy atom. The van der Waals surface area contributed by atoms with Gasteiger partial charge in [0.1, 0.15) is 0 Å². The van der Waals surface area contributed by atoms with Gasteiger partial charge in [-0.05, 0) is 85.3 Å². The minimum atomic E-state index is 0.946. The molecule has 6 heterocycles. The van der Waals surface area contributed by atoms with Gasteiger partial charge in [-0.2, -0.15) is 0 Å². The molecule has 3 N–H and O–H groups in total. The summed E-state index contributed by atoms with van der Waals surface area (Å²) in [4.78, 5) is 12.5. The molecule has 1 aliphatic rings. The van der Waals surface area contributed by atoms with Crippen LogP contribution in [0, 0.1) is 0 Å². The van der Waals surface area contributed by atoms with Crippen LogP contribution in [0.15, 0.2) is 116 Å². The SMILES string of the molecule is C1=C(c2ccc[nH]2)N(c2cc(-n3cccc3-c3ccc[nH]3)cc(-n3cccc3-c3ccc[nH]3)c2)CC1. The predicted octanol–water partition coefficient (Wildman–Crippen LogP) is 6.84. The summed E-state index contributed by atoms with van der Waals surface area (Å²) in [6.45, 7) is 0.946. The fourth-order valence-corrected chi connectivity index (χ4v) is 5.22. The highest BCUT2D eigenvalue weighted by atomic mass is 15.2. The number of aromatic nitrogens is 5. The summed E-state index contributed by atoms with van der Waals surface area (Å²) in [6, 6.07) is 27.8. The van der Waals surface area contributed by atoms with Gasteiger partial charge < -0.3 is 29.0 Å². The van der Waals surface area contributed by atoms with Gasteiger partial charge in [0.05, 0.1) is 34.2 Å². The van der Waals surface area contributed by atoms with Crippen molar-refractivity contribution in [2.75, 3.05) is 11.4 Å². The van der Waals surface area contributed by atoms with Crippen molar-refractivity contribution < 1.29 is 0 Å². The molecule has 0 saturated heterocycles. The van der Waals surface area contributed by atoms with Crippen LogP contribution in [0.3, 0.4) is 0 Å². The Balaban J connectivity index is 1.41. The first-order valence-electron chi connectivity index (χ1n) is 12.2. The van der Waals surface area contributed by atoms with Crippen LogP contribution in [0.5, 0.6) is 0 Å². The van der Waals surface area contributed by atoms with Crippen LogP contribution in [0.2, 0.25) is 0 Å². The van der Waals surface area contributed by atoms with Gasteiger partial charge in [-0.3, -0.25) is 0 Å². The standard InChI is InChI=1S/C30H26N6/c1-7-25(31-13-1)28-10-4-16-34(28)22-19-23(35-17-5-11-29(35)26-8-2-14-32-26)21-24(20-22)36-18-6-12-30(36)27-9-3-15-33-27/h1-5,7-17,19-21,31-33H,6,18H2. The summed E-state index contributed by atoms with van der Waals surface area (Å²) in [5, 5.41) is 0. The number of anilines is 1. The van der Waals surface area contributed by atoms with E-state index in [9.17, 15) is 0 Å². The first kappa shape index (κ1) is 20.5. The summed E-state index contributed by atoms with van der Waals surface area (Å²) < 4.78 is 4.51. The van der Waals surface area contributed by atoms with Gasteiger partial charge in [-0.15, -0.1) is 0 Å². The zero-order valence-electron chi connectivity index (χ0n) is 19.7. The van der Waals surface area contributed by atoms with Crippen molar-refractivity contribution in [3.05, 3.63) is 122 Å². The second kappa shape index (κ2) is 8.43. The Morgan fingerprint density at radius 3 is 1.61 bits per heavy atom. The van der Waals surface area contributed by atoms with Gasteiger partial charge in [0.15, 0.2) is 0 Å². The van der Waals surface area contributed by atoms with Crippen LogP contribution in [0.25, 0.3) is 39.8 Å². The topological polar surface area (TPSA) is 60.5 Å². The molecule has 0 amide bonds. The summed E-state index contributed by atoms with van der Waals surface area (Å²) in [5.41, 5.74) is 10.2. The van der Waals surface area contributed by atoms with Crippen molar-refractivity contribution >= 4 is 11.4 Å². The number of aromatic amines is 3. The molecule has 6 aromatic rings. The maximum absolute atomic E-state index is 3.39. The smallest absolute Gasteiger partial charge is 0.0691 e. The average Bonchev–Trinajstić information content (AvgIpc) is 3.76. The number of hydrogen-bond donors (Lipinski definition) is 3. The third kappa shape index (κ3) is 3.43. The maximum atomic E-state index is 3.39. The summed E-state index contributed by atoms with van der Waals surface area (Å²) in [6.07, 6.45) is 13.5. The summed E-state index contributed by atoms with van der Waals surface area (Å²) in [7, 11) is 0. The Morgan fingerprint density at radius 1 is 0.556 bits per heavy atom. The van der Waals surface area contributed by atoms with E-state index in [1.165, 1.54) is 5.70 Å². The van der Waals surface area contributed by atoms with Gasteiger partial charge in [0.2, 0.25) is 0 Å². The van der Waals surface area contributed by atoms with E-state index < -0.39 is 0 Å². The van der Waals surface area contributed by atoms with Gasteiger partial charge >= 0.3 is 0 Å². The lowest BCUT2D eigenvalue weighted by atomic mass is 10.2. The molecular formula is C30H26N6. The molecule has 176 valence electrons. The van der Waals surface area contributed by atoms with Crippen LogP contribution in [-0.4, -0.2) is 30.6 Å². The second-order valence-electron chi connectivity index (χ2n) is 9.02. The molecule has 0 spiro atoms. The Labute approximate surface area is 209 Å². The fraction of sp³-hybridized carbons (Fsp3) is 0.0667. The third-order valence-corrected chi connectivity index (χ3v) is 6.86. The molecule has 0 radical (unpaired) electrons. The molecule has 1 aliphatic heterocycles. The highest BCUT2D eigenvalue weighted by molar-refractivity contribution is 5.82. The molecule has 36 heavy (non-hydrogen) atoms. The number of hydrogen-bond acceptors (Lipinski definition) is 1. The highest BCUT2D eigenvalue weighted by Crippen LogP contribution is 2.35. The fourth-order valence-electron chi connectivity index (χ4n) is 5.22.